The second kappa shape index (κ2) is 9.78. The molecule has 0 spiro atoms. The van der Waals surface area contributed by atoms with Gasteiger partial charge in [-0.1, -0.05) is 39.5 Å². The van der Waals surface area contributed by atoms with E-state index in [4.69, 9.17) is 0 Å². The monoisotopic (exact) mass is 93.1 g/mol. The van der Waals surface area contributed by atoms with Gasteiger partial charge < -0.3 is 0 Å². The fourth-order valence-corrected chi connectivity index (χ4v) is 0.500. The molecule has 39 valence electrons. The van der Waals surface area contributed by atoms with Crippen LogP contribution in [0.25, 0.3) is 0 Å². The van der Waals surface area contributed by atoms with E-state index in [1.54, 1.807) is 0 Å². The Bertz CT molecular complexity index is 16.1. The van der Waals surface area contributed by atoms with Crippen LogP contribution >= 0.6 is 0 Å². The van der Waals surface area contributed by atoms with Crippen molar-refractivity contribution in [2.45, 2.75) is 39.5 Å². The largest absolute Gasteiger partial charge is 0.0654 e. The van der Waals surface area contributed by atoms with Crippen LogP contribution in [0.1, 0.15) is 39.5 Å². The second-order valence-electron chi connectivity index (χ2n) is 1.71. The maximum absolute atomic E-state index is 2.23. The molecule has 0 amide bonds. The van der Waals surface area contributed by atoms with E-state index in [1.807, 2.05) is 0 Å². The Morgan fingerprint density at radius 3 is 1.29 bits per heavy atom. The van der Waals surface area contributed by atoms with Crippen LogP contribution in [0.4, 0.5) is 0 Å². The molecule has 0 aromatic carbocycles. The Kier molecular flexibility index (Phi) is 14.7. The summed E-state index contributed by atoms with van der Waals surface area (Å²) in [5.74, 6) is 0. The molecule has 1 heteroatoms. The molecule has 0 atom stereocenters. The van der Waals surface area contributed by atoms with Crippen LogP contribution in [0, 0.1) is 0 Å². The number of hydrogen-bond acceptors (Lipinski definition) is 0. The zero-order valence-corrected chi connectivity index (χ0v) is 5.83. The molecule has 0 aromatic rings. The summed E-state index contributed by atoms with van der Waals surface area (Å²) in [7, 11) is 0. The smallest absolute Gasteiger partial charge is 0 e. The van der Waals surface area contributed by atoms with Gasteiger partial charge in [0.2, 0.25) is 0 Å². The standard InChI is InChI=1S/C6H14.Li/c1-3-5-6-4-2;/h3-6H2,1-2H3;. The van der Waals surface area contributed by atoms with Gasteiger partial charge in [-0.25, -0.2) is 0 Å². The molecule has 7 heavy (non-hydrogen) atoms. The predicted octanol–water partition coefficient (Wildman–Crippen LogP) is 2.21. The van der Waals surface area contributed by atoms with E-state index in [-0.39, 0.29) is 18.9 Å². The summed E-state index contributed by atoms with van der Waals surface area (Å²) < 4.78 is 0. The first-order valence-corrected chi connectivity index (χ1v) is 2.91. The topological polar surface area (TPSA) is 0 Å². The number of hydrogen-bond donors (Lipinski definition) is 0. The summed E-state index contributed by atoms with van der Waals surface area (Å²) in [6, 6.07) is 0. The maximum Gasteiger partial charge on any atom is 0 e. The fourth-order valence-electron chi connectivity index (χ4n) is 0.500. The van der Waals surface area contributed by atoms with Gasteiger partial charge in [0, 0.05) is 18.9 Å². The van der Waals surface area contributed by atoms with Crippen molar-refractivity contribution in [2.24, 2.45) is 0 Å². The Hall–Kier alpha value is 0.597. The van der Waals surface area contributed by atoms with Gasteiger partial charge in [0.1, 0.15) is 0 Å². The molecule has 0 unspecified atom stereocenters. The summed E-state index contributed by atoms with van der Waals surface area (Å²) in [5, 5.41) is 0. The van der Waals surface area contributed by atoms with Gasteiger partial charge in [0.25, 0.3) is 0 Å². The van der Waals surface area contributed by atoms with Gasteiger partial charge in [0.15, 0.2) is 0 Å². The SMILES string of the molecule is CCCCCC.[Li]. The van der Waals surface area contributed by atoms with Gasteiger partial charge >= 0.3 is 0 Å². The van der Waals surface area contributed by atoms with Crippen LogP contribution in [0.15, 0.2) is 0 Å². The Morgan fingerprint density at radius 2 is 1.14 bits per heavy atom. The molecule has 0 aromatic heterocycles. The average molecular weight is 93.1 g/mol. The Morgan fingerprint density at radius 1 is 0.857 bits per heavy atom. The van der Waals surface area contributed by atoms with Crippen LogP contribution < -0.4 is 0 Å². The molecule has 0 saturated carbocycles. The van der Waals surface area contributed by atoms with Crippen molar-refractivity contribution in [2.75, 3.05) is 0 Å². The van der Waals surface area contributed by atoms with Gasteiger partial charge in [0.05, 0.1) is 0 Å². The summed E-state index contributed by atoms with van der Waals surface area (Å²) in [4.78, 5) is 0. The van der Waals surface area contributed by atoms with Gasteiger partial charge in [-0.3, -0.25) is 0 Å². The molecule has 0 heterocycles. The third-order valence-corrected chi connectivity index (χ3v) is 0.957. The van der Waals surface area contributed by atoms with Crippen molar-refractivity contribution in [1.82, 2.24) is 0 Å². The van der Waals surface area contributed by atoms with E-state index in [2.05, 4.69) is 13.8 Å². The van der Waals surface area contributed by atoms with Gasteiger partial charge in [-0.05, 0) is 0 Å². The third-order valence-electron chi connectivity index (χ3n) is 0.957. The minimum absolute atomic E-state index is 0. The van der Waals surface area contributed by atoms with Crippen LogP contribution in [-0.2, 0) is 0 Å². The van der Waals surface area contributed by atoms with Gasteiger partial charge in [-0.2, -0.15) is 0 Å². The maximum atomic E-state index is 2.23. The molecule has 1 radical (unpaired) electrons. The first-order valence-electron chi connectivity index (χ1n) is 2.91. The quantitative estimate of drug-likeness (QED) is 0.370. The number of unbranched alkanes of at least 4 members (excludes halogenated alkanes) is 3. The molecule has 0 bridgehead atoms. The predicted molar refractivity (Wildman–Crippen MR) is 35.6 cm³/mol. The Labute approximate surface area is 58.9 Å². The van der Waals surface area contributed by atoms with E-state index in [1.165, 1.54) is 25.7 Å². The molecule has 0 aliphatic rings. The Balaban J connectivity index is 0. The first kappa shape index (κ1) is 10.6. The van der Waals surface area contributed by atoms with E-state index in [0.29, 0.717) is 0 Å². The zero-order valence-electron chi connectivity index (χ0n) is 5.83. The summed E-state index contributed by atoms with van der Waals surface area (Å²) >= 11 is 0. The van der Waals surface area contributed by atoms with E-state index in [0.717, 1.165) is 0 Å². The molecule has 0 aliphatic heterocycles. The van der Waals surface area contributed by atoms with Crippen LogP contribution in [0.2, 0.25) is 0 Å². The summed E-state index contributed by atoms with van der Waals surface area (Å²) in [6.07, 6.45) is 5.54. The van der Waals surface area contributed by atoms with Crippen LogP contribution in [-0.4, -0.2) is 18.9 Å². The average Bonchev–Trinajstić information content (AvgIpc) is 1.61. The fraction of sp³-hybridized carbons (Fsp3) is 1.00. The molecular formula is C6H14Li. The molecule has 0 aliphatic carbocycles. The van der Waals surface area contributed by atoms with E-state index in [9.17, 15) is 0 Å². The van der Waals surface area contributed by atoms with Gasteiger partial charge in [-0.15, -0.1) is 0 Å². The molecular weight excluding hydrogens is 79.0 g/mol. The van der Waals surface area contributed by atoms with Crippen molar-refractivity contribution in [3.05, 3.63) is 0 Å². The second-order valence-corrected chi connectivity index (χ2v) is 1.71. The van der Waals surface area contributed by atoms with Crippen molar-refractivity contribution >= 4 is 18.9 Å². The van der Waals surface area contributed by atoms with Crippen molar-refractivity contribution in [1.29, 1.82) is 0 Å². The molecule has 0 N–H and O–H groups in total. The van der Waals surface area contributed by atoms with Crippen molar-refractivity contribution in [3.8, 4) is 0 Å². The van der Waals surface area contributed by atoms with Crippen LogP contribution in [0.5, 0.6) is 0 Å². The molecule has 0 fully saturated rings. The third kappa shape index (κ3) is 10.8. The van der Waals surface area contributed by atoms with Crippen LogP contribution in [0.3, 0.4) is 0 Å². The molecule has 0 rings (SSSR count). The van der Waals surface area contributed by atoms with Crippen molar-refractivity contribution in [3.63, 3.8) is 0 Å². The minimum Gasteiger partial charge on any atom is -0.0654 e. The zero-order chi connectivity index (χ0) is 4.83. The minimum atomic E-state index is 0. The first-order chi connectivity index (χ1) is 2.91. The normalized spacial score (nSPS) is 7.71. The molecule has 0 nitrogen and oxygen atoms in total. The van der Waals surface area contributed by atoms with Crippen molar-refractivity contribution < 1.29 is 0 Å². The summed E-state index contributed by atoms with van der Waals surface area (Å²) in [6.45, 7) is 4.46. The number of rotatable bonds is 3. The van der Waals surface area contributed by atoms with E-state index < -0.39 is 0 Å². The molecule has 0 saturated heterocycles. The summed E-state index contributed by atoms with van der Waals surface area (Å²) in [5.41, 5.74) is 0. The van der Waals surface area contributed by atoms with E-state index >= 15 is 0 Å².